The number of aryl methyl sites for hydroxylation is 1. The minimum absolute atomic E-state index is 0.385. The topological polar surface area (TPSA) is 80.7 Å². The average Bonchev–Trinajstić information content (AvgIpc) is 2.78. The predicted octanol–water partition coefficient (Wildman–Crippen LogP) is 3.36. The quantitative estimate of drug-likeness (QED) is 0.594. The van der Waals surface area contributed by atoms with E-state index in [2.05, 4.69) is 16.0 Å². The summed E-state index contributed by atoms with van der Waals surface area (Å²) >= 11 is 5.96. The lowest BCUT2D eigenvalue weighted by Crippen LogP contribution is -1.94. The summed E-state index contributed by atoms with van der Waals surface area (Å²) in [4.78, 5) is 7.79. The van der Waals surface area contributed by atoms with Gasteiger partial charge in [0.25, 0.3) is 0 Å². The molecule has 0 aliphatic heterocycles. The average molecular weight is 273 g/mol. The van der Waals surface area contributed by atoms with E-state index in [0.29, 0.717) is 16.4 Å². The zero-order valence-corrected chi connectivity index (χ0v) is 11.1. The van der Waals surface area contributed by atoms with Gasteiger partial charge in [-0.25, -0.2) is 4.98 Å². The number of aromatic amines is 1. The van der Waals surface area contributed by atoms with E-state index in [4.69, 9.17) is 23.1 Å². The Morgan fingerprint density at radius 1 is 1.11 bits per heavy atom. The molecule has 3 aromatic rings. The fraction of sp³-hybridized carbons (Fsp3) is 0.0714. The van der Waals surface area contributed by atoms with Crippen LogP contribution in [0.1, 0.15) is 5.56 Å². The van der Waals surface area contributed by atoms with Crippen molar-refractivity contribution >= 4 is 34.0 Å². The highest BCUT2D eigenvalue weighted by atomic mass is 35.5. The van der Waals surface area contributed by atoms with Crippen LogP contribution in [-0.2, 0) is 0 Å². The van der Waals surface area contributed by atoms with Gasteiger partial charge in [0, 0.05) is 5.56 Å². The van der Waals surface area contributed by atoms with Crippen molar-refractivity contribution in [1.82, 2.24) is 9.97 Å². The molecule has 0 saturated heterocycles. The Hall–Kier alpha value is -2.20. The highest BCUT2D eigenvalue weighted by Crippen LogP contribution is 2.32. The van der Waals surface area contributed by atoms with Crippen LogP contribution >= 0.6 is 11.6 Å². The first kappa shape index (κ1) is 11.9. The first-order chi connectivity index (χ1) is 9.04. The standard InChI is InChI=1S/C14H13ClN4/c1-7-2-3-11-12(4-7)19-14(18-11)8-5-9(16)13(15)10(17)6-8/h2-6H,16-17H2,1H3,(H,18,19). The maximum absolute atomic E-state index is 5.96. The van der Waals surface area contributed by atoms with Crippen LogP contribution in [0.25, 0.3) is 22.4 Å². The van der Waals surface area contributed by atoms with Gasteiger partial charge < -0.3 is 16.5 Å². The van der Waals surface area contributed by atoms with E-state index >= 15 is 0 Å². The predicted molar refractivity (Wildman–Crippen MR) is 80.1 cm³/mol. The number of hydrogen-bond donors (Lipinski definition) is 3. The Morgan fingerprint density at radius 2 is 1.79 bits per heavy atom. The molecule has 96 valence electrons. The van der Waals surface area contributed by atoms with Gasteiger partial charge >= 0.3 is 0 Å². The van der Waals surface area contributed by atoms with E-state index in [1.807, 2.05) is 19.1 Å². The number of halogens is 1. The summed E-state index contributed by atoms with van der Waals surface area (Å²) in [6.45, 7) is 2.04. The van der Waals surface area contributed by atoms with Crippen LogP contribution in [0.5, 0.6) is 0 Å². The highest BCUT2D eigenvalue weighted by molar-refractivity contribution is 6.35. The van der Waals surface area contributed by atoms with Crippen molar-refractivity contribution in [1.29, 1.82) is 0 Å². The van der Waals surface area contributed by atoms with Crippen molar-refractivity contribution < 1.29 is 0 Å². The summed E-state index contributed by atoms with van der Waals surface area (Å²) in [7, 11) is 0. The number of hydrogen-bond acceptors (Lipinski definition) is 3. The molecule has 2 aromatic carbocycles. The van der Waals surface area contributed by atoms with Gasteiger partial charge in [0.05, 0.1) is 27.4 Å². The maximum atomic E-state index is 5.96. The zero-order valence-electron chi connectivity index (χ0n) is 10.4. The number of rotatable bonds is 1. The number of nitrogens with one attached hydrogen (secondary N) is 1. The lowest BCUT2D eigenvalue weighted by Gasteiger charge is -2.05. The van der Waals surface area contributed by atoms with E-state index in [1.54, 1.807) is 12.1 Å². The molecule has 0 aliphatic rings. The van der Waals surface area contributed by atoms with Gasteiger partial charge in [-0.1, -0.05) is 17.7 Å². The van der Waals surface area contributed by atoms with Crippen molar-refractivity contribution in [3.05, 3.63) is 40.9 Å². The molecule has 5 N–H and O–H groups in total. The summed E-state index contributed by atoms with van der Waals surface area (Å²) in [5, 5.41) is 0.385. The van der Waals surface area contributed by atoms with Crippen LogP contribution in [0, 0.1) is 6.92 Å². The minimum atomic E-state index is 0.385. The third-order valence-electron chi connectivity index (χ3n) is 3.04. The molecule has 0 unspecified atom stereocenters. The first-order valence-electron chi connectivity index (χ1n) is 5.86. The van der Waals surface area contributed by atoms with Crippen LogP contribution in [0.3, 0.4) is 0 Å². The number of nitrogens with zero attached hydrogens (tertiary/aromatic N) is 1. The van der Waals surface area contributed by atoms with E-state index in [9.17, 15) is 0 Å². The molecule has 5 heteroatoms. The highest BCUT2D eigenvalue weighted by Gasteiger charge is 2.09. The Bertz CT molecular complexity index is 753. The number of H-pyrrole nitrogens is 1. The first-order valence-corrected chi connectivity index (χ1v) is 6.23. The molecule has 1 aromatic heterocycles. The lowest BCUT2D eigenvalue weighted by atomic mass is 10.1. The number of anilines is 2. The number of nitrogen functional groups attached to an aromatic ring is 2. The molecule has 0 fully saturated rings. The van der Waals surface area contributed by atoms with Gasteiger partial charge in [0.2, 0.25) is 0 Å². The molecule has 0 amide bonds. The molecule has 3 rings (SSSR count). The fourth-order valence-corrected chi connectivity index (χ4v) is 2.18. The second kappa shape index (κ2) is 4.17. The number of imidazole rings is 1. The van der Waals surface area contributed by atoms with E-state index < -0.39 is 0 Å². The van der Waals surface area contributed by atoms with E-state index in [-0.39, 0.29) is 0 Å². The molecule has 0 saturated carbocycles. The number of fused-ring (bicyclic) bond motifs is 1. The molecule has 0 radical (unpaired) electrons. The number of benzene rings is 2. The molecule has 0 atom stereocenters. The third kappa shape index (κ3) is 2.00. The van der Waals surface area contributed by atoms with Crippen LogP contribution in [0.2, 0.25) is 5.02 Å². The largest absolute Gasteiger partial charge is 0.397 e. The zero-order chi connectivity index (χ0) is 13.6. The summed E-state index contributed by atoms with van der Waals surface area (Å²) in [5.74, 6) is 0.732. The Morgan fingerprint density at radius 3 is 2.47 bits per heavy atom. The van der Waals surface area contributed by atoms with Gasteiger partial charge in [-0.3, -0.25) is 0 Å². The van der Waals surface area contributed by atoms with Crippen molar-refractivity contribution in [2.24, 2.45) is 0 Å². The Balaban J connectivity index is 2.19. The van der Waals surface area contributed by atoms with Gasteiger partial charge in [-0.2, -0.15) is 0 Å². The Labute approximate surface area is 115 Å². The lowest BCUT2D eigenvalue weighted by molar-refractivity contribution is 1.34. The molecule has 0 spiro atoms. The molecule has 4 nitrogen and oxygen atoms in total. The van der Waals surface area contributed by atoms with E-state index in [1.165, 1.54) is 5.56 Å². The van der Waals surface area contributed by atoms with Gasteiger partial charge in [0.1, 0.15) is 5.82 Å². The van der Waals surface area contributed by atoms with Crippen LogP contribution in [0.15, 0.2) is 30.3 Å². The van der Waals surface area contributed by atoms with Crippen molar-refractivity contribution in [2.75, 3.05) is 11.5 Å². The SMILES string of the molecule is Cc1ccc2nc(-c3cc(N)c(Cl)c(N)c3)[nH]c2c1. The van der Waals surface area contributed by atoms with Crippen molar-refractivity contribution in [3.63, 3.8) is 0 Å². The van der Waals surface area contributed by atoms with Gasteiger partial charge in [-0.05, 0) is 36.8 Å². The molecule has 0 aliphatic carbocycles. The third-order valence-corrected chi connectivity index (χ3v) is 3.48. The summed E-state index contributed by atoms with van der Waals surface area (Å²) in [5.41, 5.74) is 16.5. The van der Waals surface area contributed by atoms with Gasteiger partial charge in [0.15, 0.2) is 0 Å². The van der Waals surface area contributed by atoms with E-state index in [0.717, 1.165) is 22.4 Å². The number of nitrogens with two attached hydrogens (primary N) is 2. The monoisotopic (exact) mass is 272 g/mol. The number of aromatic nitrogens is 2. The Kier molecular flexibility index (Phi) is 2.61. The minimum Gasteiger partial charge on any atom is -0.397 e. The fourth-order valence-electron chi connectivity index (χ4n) is 2.07. The molecule has 0 bridgehead atoms. The summed E-state index contributed by atoms with van der Waals surface area (Å²) in [6.07, 6.45) is 0. The molecule has 1 heterocycles. The molecular formula is C14H13ClN4. The normalized spacial score (nSPS) is 11.1. The van der Waals surface area contributed by atoms with Crippen molar-refractivity contribution in [3.8, 4) is 11.4 Å². The maximum Gasteiger partial charge on any atom is 0.138 e. The second-order valence-electron chi connectivity index (χ2n) is 4.57. The van der Waals surface area contributed by atoms with Crippen LogP contribution in [0.4, 0.5) is 11.4 Å². The smallest absolute Gasteiger partial charge is 0.138 e. The molecule has 19 heavy (non-hydrogen) atoms. The van der Waals surface area contributed by atoms with Crippen LogP contribution in [-0.4, -0.2) is 9.97 Å². The molecular weight excluding hydrogens is 260 g/mol. The summed E-state index contributed by atoms with van der Waals surface area (Å²) in [6, 6.07) is 9.59. The van der Waals surface area contributed by atoms with Crippen molar-refractivity contribution in [2.45, 2.75) is 6.92 Å². The second-order valence-corrected chi connectivity index (χ2v) is 4.95. The summed E-state index contributed by atoms with van der Waals surface area (Å²) < 4.78 is 0. The van der Waals surface area contributed by atoms with Crippen LogP contribution < -0.4 is 11.5 Å². The van der Waals surface area contributed by atoms with Gasteiger partial charge in [-0.15, -0.1) is 0 Å².